The highest BCUT2D eigenvalue weighted by Gasteiger charge is 2.34. The monoisotopic (exact) mass is 305 g/mol. The van der Waals surface area contributed by atoms with E-state index in [1.54, 1.807) is 39.4 Å². The van der Waals surface area contributed by atoms with Gasteiger partial charge in [0.25, 0.3) is 0 Å². The molecule has 0 unspecified atom stereocenters. The predicted molar refractivity (Wildman–Crippen MR) is 80.1 cm³/mol. The molecule has 1 atom stereocenters. The molecule has 0 N–H and O–H groups in total. The fraction of sp³-hybridized carbons (Fsp3) is 0.400. The molecule has 1 fully saturated rings. The van der Waals surface area contributed by atoms with Crippen LogP contribution >= 0.6 is 0 Å². The number of sulfonamides is 1. The van der Waals surface area contributed by atoms with Crippen molar-refractivity contribution >= 4 is 10.0 Å². The third kappa shape index (κ3) is 2.73. The fourth-order valence-corrected chi connectivity index (χ4v) is 4.57. The molecule has 1 aromatic heterocycles. The summed E-state index contributed by atoms with van der Waals surface area (Å²) >= 11 is 0. The molecule has 1 aliphatic rings. The standard InChI is InChI=1S/C15H19N3O2S/c1-17-12-13(11-16-17)15-9-5-6-10-18(15)21(19,20)14-7-3-2-4-8-14/h2-4,7-8,11-12,15H,5-6,9-10H2,1H3/t15-/m1/s1. The average molecular weight is 305 g/mol. The minimum absolute atomic E-state index is 0.113. The summed E-state index contributed by atoms with van der Waals surface area (Å²) in [6.07, 6.45) is 6.47. The minimum Gasteiger partial charge on any atom is -0.275 e. The molecule has 1 saturated heterocycles. The third-order valence-electron chi connectivity index (χ3n) is 3.91. The maximum absolute atomic E-state index is 12.9. The normalized spacial score (nSPS) is 20.5. The lowest BCUT2D eigenvalue weighted by molar-refractivity contribution is 0.256. The highest BCUT2D eigenvalue weighted by Crippen LogP contribution is 2.35. The number of piperidine rings is 1. The first kappa shape index (κ1) is 14.3. The van der Waals surface area contributed by atoms with Crippen molar-refractivity contribution < 1.29 is 8.42 Å². The Labute approximate surface area is 125 Å². The summed E-state index contributed by atoms with van der Waals surface area (Å²) in [7, 11) is -1.60. The molecule has 2 heterocycles. The van der Waals surface area contributed by atoms with E-state index >= 15 is 0 Å². The summed E-state index contributed by atoms with van der Waals surface area (Å²) in [6.45, 7) is 0.566. The lowest BCUT2D eigenvalue weighted by Crippen LogP contribution is -2.38. The summed E-state index contributed by atoms with van der Waals surface area (Å²) in [5.41, 5.74) is 0.969. The Morgan fingerprint density at radius 2 is 1.95 bits per heavy atom. The van der Waals surface area contributed by atoms with Crippen LogP contribution in [-0.2, 0) is 17.1 Å². The van der Waals surface area contributed by atoms with E-state index in [-0.39, 0.29) is 6.04 Å². The van der Waals surface area contributed by atoms with Crippen molar-refractivity contribution in [2.45, 2.75) is 30.2 Å². The quantitative estimate of drug-likeness (QED) is 0.874. The summed E-state index contributed by atoms with van der Waals surface area (Å²) in [6, 6.07) is 8.55. The van der Waals surface area contributed by atoms with Gasteiger partial charge < -0.3 is 0 Å². The van der Waals surface area contributed by atoms with E-state index in [4.69, 9.17) is 0 Å². The second kappa shape index (κ2) is 5.61. The van der Waals surface area contributed by atoms with Crippen LogP contribution < -0.4 is 0 Å². The molecule has 1 aromatic carbocycles. The largest absolute Gasteiger partial charge is 0.275 e. The van der Waals surface area contributed by atoms with Crippen LogP contribution in [0.25, 0.3) is 0 Å². The molecular weight excluding hydrogens is 286 g/mol. The lowest BCUT2D eigenvalue weighted by atomic mass is 10.0. The van der Waals surface area contributed by atoms with E-state index < -0.39 is 10.0 Å². The molecule has 5 nitrogen and oxygen atoms in total. The summed E-state index contributed by atoms with van der Waals surface area (Å²) in [4.78, 5) is 0.362. The number of aryl methyl sites for hydroxylation is 1. The summed E-state index contributed by atoms with van der Waals surface area (Å²) < 4.78 is 29.1. The van der Waals surface area contributed by atoms with Crippen molar-refractivity contribution in [2.24, 2.45) is 7.05 Å². The molecule has 0 radical (unpaired) electrons. The molecule has 1 aliphatic heterocycles. The van der Waals surface area contributed by atoms with E-state index in [0.29, 0.717) is 11.4 Å². The Bertz CT molecular complexity index is 710. The van der Waals surface area contributed by atoms with Crippen molar-refractivity contribution in [3.05, 3.63) is 48.3 Å². The van der Waals surface area contributed by atoms with Crippen molar-refractivity contribution in [1.82, 2.24) is 14.1 Å². The number of aromatic nitrogens is 2. The molecule has 0 aliphatic carbocycles. The molecule has 21 heavy (non-hydrogen) atoms. The number of hydrogen-bond donors (Lipinski definition) is 0. The Hall–Kier alpha value is -1.66. The second-order valence-electron chi connectivity index (χ2n) is 5.39. The highest BCUT2D eigenvalue weighted by molar-refractivity contribution is 7.89. The minimum atomic E-state index is -3.45. The van der Waals surface area contributed by atoms with Crippen LogP contribution in [0.3, 0.4) is 0 Å². The average Bonchev–Trinajstić information content (AvgIpc) is 2.95. The molecule has 0 amide bonds. The first-order chi connectivity index (χ1) is 10.1. The van der Waals surface area contributed by atoms with Crippen LogP contribution in [0, 0.1) is 0 Å². The van der Waals surface area contributed by atoms with Gasteiger partial charge in [0, 0.05) is 25.4 Å². The van der Waals surface area contributed by atoms with Crippen LogP contribution in [0.2, 0.25) is 0 Å². The van der Waals surface area contributed by atoms with Crippen LogP contribution in [0.5, 0.6) is 0 Å². The zero-order chi connectivity index (χ0) is 14.9. The fourth-order valence-electron chi connectivity index (χ4n) is 2.87. The maximum atomic E-state index is 12.9. The second-order valence-corrected chi connectivity index (χ2v) is 7.28. The molecule has 112 valence electrons. The van der Waals surface area contributed by atoms with Crippen LogP contribution in [0.15, 0.2) is 47.6 Å². The number of rotatable bonds is 3. The van der Waals surface area contributed by atoms with Crippen molar-refractivity contribution in [2.75, 3.05) is 6.54 Å². The Balaban J connectivity index is 1.98. The van der Waals surface area contributed by atoms with Crippen LogP contribution in [0.1, 0.15) is 30.9 Å². The van der Waals surface area contributed by atoms with Gasteiger partial charge in [-0.3, -0.25) is 4.68 Å². The smallest absolute Gasteiger partial charge is 0.243 e. The van der Waals surface area contributed by atoms with E-state index in [1.807, 2.05) is 19.3 Å². The van der Waals surface area contributed by atoms with Crippen molar-refractivity contribution in [1.29, 1.82) is 0 Å². The van der Waals surface area contributed by atoms with Gasteiger partial charge in [-0.05, 0) is 25.0 Å². The Morgan fingerprint density at radius 3 is 2.62 bits per heavy atom. The van der Waals surface area contributed by atoms with E-state index in [2.05, 4.69) is 5.10 Å². The topological polar surface area (TPSA) is 55.2 Å². The summed E-state index contributed by atoms with van der Waals surface area (Å²) in [5.74, 6) is 0. The van der Waals surface area contributed by atoms with Crippen LogP contribution in [0.4, 0.5) is 0 Å². The maximum Gasteiger partial charge on any atom is 0.243 e. The van der Waals surface area contributed by atoms with E-state index in [0.717, 1.165) is 24.8 Å². The molecular formula is C15H19N3O2S. The number of hydrogen-bond acceptors (Lipinski definition) is 3. The van der Waals surface area contributed by atoms with Gasteiger partial charge in [-0.2, -0.15) is 9.40 Å². The molecule has 0 spiro atoms. The van der Waals surface area contributed by atoms with E-state index in [9.17, 15) is 8.42 Å². The SMILES string of the molecule is Cn1cc([C@H]2CCCCN2S(=O)(=O)c2ccccc2)cn1. The summed E-state index contributed by atoms with van der Waals surface area (Å²) in [5, 5.41) is 4.18. The van der Waals surface area contributed by atoms with Crippen molar-refractivity contribution in [3.8, 4) is 0 Å². The van der Waals surface area contributed by atoms with Crippen LogP contribution in [-0.4, -0.2) is 29.0 Å². The van der Waals surface area contributed by atoms with Gasteiger partial charge in [-0.25, -0.2) is 8.42 Å². The molecule has 3 rings (SSSR count). The lowest BCUT2D eigenvalue weighted by Gasteiger charge is -2.34. The molecule has 0 bridgehead atoms. The first-order valence-corrected chi connectivity index (χ1v) is 8.58. The predicted octanol–water partition coefficient (Wildman–Crippen LogP) is 2.34. The zero-order valence-electron chi connectivity index (χ0n) is 12.0. The molecule has 6 heteroatoms. The van der Waals surface area contributed by atoms with Gasteiger partial charge in [0.15, 0.2) is 0 Å². The Kier molecular flexibility index (Phi) is 3.82. The zero-order valence-corrected chi connectivity index (χ0v) is 12.8. The van der Waals surface area contributed by atoms with Gasteiger partial charge in [0.1, 0.15) is 0 Å². The van der Waals surface area contributed by atoms with Gasteiger partial charge in [0.2, 0.25) is 10.0 Å². The Morgan fingerprint density at radius 1 is 1.19 bits per heavy atom. The molecule has 2 aromatic rings. The first-order valence-electron chi connectivity index (χ1n) is 7.14. The van der Waals surface area contributed by atoms with E-state index in [1.165, 1.54) is 0 Å². The number of benzene rings is 1. The van der Waals surface area contributed by atoms with Gasteiger partial charge >= 0.3 is 0 Å². The molecule has 0 saturated carbocycles. The third-order valence-corrected chi connectivity index (χ3v) is 5.84. The highest BCUT2D eigenvalue weighted by atomic mass is 32.2. The van der Waals surface area contributed by atoms with Gasteiger partial charge in [-0.1, -0.05) is 24.6 Å². The van der Waals surface area contributed by atoms with Gasteiger partial charge in [0.05, 0.1) is 17.1 Å². The number of nitrogens with zero attached hydrogens (tertiary/aromatic N) is 3. The van der Waals surface area contributed by atoms with Crippen molar-refractivity contribution in [3.63, 3.8) is 0 Å². The van der Waals surface area contributed by atoms with Gasteiger partial charge in [-0.15, -0.1) is 0 Å².